The Labute approximate surface area is 187 Å². The molecule has 0 aliphatic carbocycles. The lowest BCUT2D eigenvalue weighted by Gasteiger charge is -2.20. The Kier molecular flexibility index (Phi) is 5.69. The van der Waals surface area contributed by atoms with Crippen molar-refractivity contribution in [1.82, 2.24) is 19.9 Å². The first-order valence-electron chi connectivity index (χ1n) is 10.5. The third-order valence-corrected chi connectivity index (χ3v) is 4.98. The van der Waals surface area contributed by atoms with Crippen LogP contribution in [0.25, 0.3) is 16.9 Å². The topological polar surface area (TPSA) is 71.3 Å². The monoisotopic (exact) mass is 429 g/mol. The number of carbonyl (C=O) groups is 1. The van der Waals surface area contributed by atoms with Gasteiger partial charge in [-0.05, 0) is 56.1 Å². The van der Waals surface area contributed by atoms with E-state index >= 15 is 0 Å². The Balaban J connectivity index is 1.58. The molecular weight excluding hydrogens is 404 g/mol. The van der Waals surface area contributed by atoms with Gasteiger partial charge in [0.15, 0.2) is 5.65 Å². The normalized spacial score (nSPS) is 11.5. The number of nitrogens with one attached hydrogen (secondary N) is 2. The Hall–Kier alpha value is -3.68. The molecule has 0 unspecified atom stereocenters. The summed E-state index contributed by atoms with van der Waals surface area (Å²) in [5.41, 5.74) is 3.87. The van der Waals surface area contributed by atoms with E-state index in [1.165, 1.54) is 6.07 Å². The van der Waals surface area contributed by atoms with Crippen LogP contribution in [0.4, 0.5) is 10.2 Å². The minimum absolute atomic E-state index is 0.102. The SMILES string of the molecule is Bc1cnn2c(NCc3ccc(C(=O)NC(C)(C)C)cc3)cc(-c3ccccc3F)nc12. The van der Waals surface area contributed by atoms with Gasteiger partial charge in [0.1, 0.15) is 19.5 Å². The molecule has 4 rings (SSSR count). The van der Waals surface area contributed by atoms with Gasteiger partial charge >= 0.3 is 0 Å². The quantitative estimate of drug-likeness (QED) is 0.479. The van der Waals surface area contributed by atoms with Crippen LogP contribution < -0.4 is 16.1 Å². The van der Waals surface area contributed by atoms with Gasteiger partial charge in [0.2, 0.25) is 0 Å². The number of hydrogen-bond acceptors (Lipinski definition) is 4. The van der Waals surface area contributed by atoms with E-state index in [-0.39, 0.29) is 17.3 Å². The molecule has 0 radical (unpaired) electrons. The molecule has 0 spiro atoms. The van der Waals surface area contributed by atoms with E-state index in [0.29, 0.717) is 34.8 Å². The molecule has 162 valence electrons. The predicted octanol–water partition coefficient (Wildman–Crippen LogP) is 2.93. The highest BCUT2D eigenvalue weighted by molar-refractivity contribution is 6.36. The largest absolute Gasteiger partial charge is 0.366 e. The summed E-state index contributed by atoms with van der Waals surface area (Å²) in [5, 5.41) is 10.7. The Morgan fingerprint density at radius 2 is 1.84 bits per heavy atom. The van der Waals surface area contributed by atoms with Crippen LogP contribution in [-0.4, -0.2) is 33.9 Å². The molecule has 1 amide bonds. The molecule has 32 heavy (non-hydrogen) atoms. The molecule has 6 nitrogen and oxygen atoms in total. The molecule has 0 fully saturated rings. The number of hydrogen-bond donors (Lipinski definition) is 2. The second-order valence-electron chi connectivity index (χ2n) is 8.82. The lowest BCUT2D eigenvalue weighted by molar-refractivity contribution is 0.0919. The lowest BCUT2D eigenvalue weighted by atomic mass is 10.0. The fourth-order valence-electron chi connectivity index (χ4n) is 3.38. The molecular formula is C24H25BFN5O. The van der Waals surface area contributed by atoms with Gasteiger partial charge in [-0.25, -0.2) is 9.37 Å². The average molecular weight is 429 g/mol. The van der Waals surface area contributed by atoms with Crippen molar-refractivity contribution < 1.29 is 9.18 Å². The molecule has 0 saturated heterocycles. The van der Waals surface area contributed by atoms with Crippen LogP contribution >= 0.6 is 0 Å². The van der Waals surface area contributed by atoms with E-state index < -0.39 is 0 Å². The van der Waals surface area contributed by atoms with Crippen LogP contribution in [0.3, 0.4) is 0 Å². The van der Waals surface area contributed by atoms with Crippen LogP contribution in [0, 0.1) is 5.82 Å². The van der Waals surface area contributed by atoms with Gasteiger partial charge in [-0.1, -0.05) is 24.3 Å². The van der Waals surface area contributed by atoms with Crippen LogP contribution in [-0.2, 0) is 6.54 Å². The van der Waals surface area contributed by atoms with E-state index in [1.807, 2.05) is 52.9 Å². The maximum absolute atomic E-state index is 14.4. The summed E-state index contributed by atoms with van der Waals surface area (Å²) in [6, 6.07) is 15.8. The highest BCUT2D eigenvalue weighted by Gasteiger charge is 2.16. The summed E-state index contributed by atoms with van der Waals surface area (Å²) in [7, 11) is 1.92. The summed E-state index contributed by atoms with van der Waals surface area (Å²) in [6.45, 7) is 6.36. The van der Waals surface area contributed by atoms with Crippen molar-refractivity contribution in [2.45, 2.75) is 32.9 Å². The van der Waals surface area contributed by atoms with Gasteiger partial charge in [-0.3, -0.25) is 4.79 Å². The van der Waals surface area contributed by atoms with Crippen LogP contribution in [0.2, 0.25) is 0 Å². The van der Waals surface area contributed by atoms with Crippen LogP contribution in [0.15, 0.2) is 60.8 Å². The molecule has 2 heterocycles. The summed E-state index contributed by atoms with van der Waals surface area (Å²) >= 11 is 0. The van der Waals surface area contributed by atoms with Gasteiger partial charge < -0.3 is 10.6 Å². The van der Waals surface area contributed by atoms with E-state index in [4.69, 9.17) is 0 Å². The van der Waals surface area contributed by atoms with Crippen molar-refractivity contribution in [2.24, 2.45) is 0 Å². The summed E-state index contributed by atoms with van der Waals surface area (Å²) in [5.74, 6) is 0.280. The van der Waals surface area contributed by atoms with Gasteiger partial charge in [-0.15, -0.1) is 0 Å². The van der Waals surface area contributed by atoms with Gasteiger partial charge in [0.05, 0.1) is 5.69 Å². The smallest absolute Gasteiger partial charge is 0.251 e. The van der Waals surface area contributed by atoms with Gasteiger partial charge in [0, 0.05) is 35.5 Å². The molecule has 2 aromatic heterocycles. The Morgan fingerprint density at radius 1 is 1.12 bits per heavy atom. The van der Waals surface area contributed by atoms with Crippen molar-refractivity contribution in [1.29, 1.82) is 0 Å². The zero-order chi connectivity index (χ0) is 22.9. The van der Waals surface area contributed by atoms with E-state index in [0.717, 1.165) is 11.0 Å². The second kappa shape index (κ2) is 8.46. The third-order valence-electron chi connectivity index (χ3n) is 4.98. The van der Waals surface area contributed by atoms with Crippen molar-refractivity contribution in [3.63, 3.8) is 0 Å². The number of fused-ring (bicyclic) bond motifs is 1. The minimum Gasteiger partial charge on any atom is -0.366 e. The molecule has 0 bridgehead atoms. The molecule has 2 N–H and O–H groups in total. The van der Waals surface area contributed by atoms with E-state index in [1.54, 1.807) is 35.0 Å². The number of aromatic nitrogens is 3. The number of nitrogens with zero attached hydrogens (tertiary/aromatic N) is 3. The maximum Gasteiger partial charge on any atom is 0.251 e. The third kappa shape index (κ3) is 4.64. The Bertz CT molecular complexity index is 1280. The van der Waals surface area contributed by atoms with Crippen molar-refractivity contribution in [3.05, 3.63) is 77.7 Å². The summed E-state index contributed by atoms with van der Waals surface area (Å²) in [6.07, 6.45) is 1.74. The van der Waals surface area contributed by atoms with Crippen LogP contribution in [0.5, 0.6) is 0 Å². The number of benzene rings is 2. The first-order valence-corrected chi connectivity index (χ1v) is 10.5. The van der Waals surface area contributed by atoms with Crippen molar-refractivity contribution in [2.75, 3.05) is 5.32 Å². The first kappa shape index (κ1) is 21.6. The van der Waals surface area contributed by atoms with E-state index in [2.05, 4.69) is 20.7 Å². The number of rotatable bonds is 5. The maximum atomic E-state index is 14.4. The molecule has 4 aromatic rings. The molecule has 0 atom stereocenters. The lowest BCUT2D eigenvalue weighted by Crippen LogP contribution is -2.40. The summed E-state index contributed by atoms with van der Waals surface area (Å²) < 4.78 is 16.1. The fourth-order valence-corrected chi connectivity index (χ4v) is 3.38. The van der Waals surface area contributed by atoms with Gasteiger partial charge in [0.25, 0.3) is 5.91 Å². The van der Waals surface area contributed by atoms with Crippen LogP contribution in [0.1, 0.15) is 36.7 Å². The zero-order valence-electron chi connectivity index (χ0n) is 18.6. The Morgan fingerprint density at radius 3 is 2.53 bits per heavy atom. The minimum atomic E-state index is -0.323. The fraction of sp³-hybridized carbons (Fsp3) is 0.208. The zero-order valence-corrected chi connectivity index (χ0v) is 18.6. The highest BCUT2D eigenvalue weighted by Crippen LogP contribution is 2.24. The molecule has 0 aliphatic heterocycles. The standard InChI is InChI=1S/C24H25BFN5O/c1-24(2,3)30-23(32)16-10-8-15(9-11-16)13-27-21-12-20(17-6-4-5-7-19(17)26)29-22-18(25)14-28-31(21)22/h4-12,14,27H,13,25H2,1-3H3,(H,30,32). The number of carbonyl (C=O) groups excluding carboxylic acids is 1. The molecule has 8 heteroatoms. The second-order valence-corrected chi connectivity index (χ2v) is 8.82. The number of halogens is 1. The molecule has 0 saturated carbocycles. The van der Waals surface area contributed by atoms with E-state index in [9.17, 15) is 9.18 Å². The average Bonchev–Trinajstić information content (AvgIpc) is 3.12. The molecule has 0 aliphatic rings. The van der Waals surface area contributed by atoms with Crippen molar-refractivity contribution >= 4 is 30.7 Å². The predicted molar refractivity (Wildman–Crippen MR) is 128 cm³/mol. The molecule has 2 aromatic carbocycles. The number of amides is 1. The number of anilines is 1. The first-order chi connectivity index (χ1) is 15.2. The van der Waals surface area contributed by atoms with Gasteiger partial charge in [-0.2, -0.15) is 9.61 Å². The summed E-state index contributed by atoms with van der Waals surface area (Å²) in [4.78, 5) is 16.9. The van der Waals surface area contributed by atoms with Crippen molar-refractivity contribution in [3.8, 4) is 11.3 Å². The highest BCUT2D eigenvalue weighted by atomic mass is 19.1.